The number of benzene rings is 2. The number of halogens is 3. The Morgan fingerprint density at radius 3 is 2.48 bits per heavy atom. The molecular formula is C17H13ClF2N4S. The largest absolute Gasteiger partial charge is 0.332 e. The van der Waals surface area contributed by atoms with E-state index in [1.807, 2.05) is 24.3 Å². The summed E-state index contributed by atoms with van der Waals surface area (Å²) in [5.41, 5.74) is 2.08. The summed E-state index contributed by atoms with van der Waals surface area (Å²) in [5.74, 6) is -1.85. The molecule has 0 aliphatic heterocycles. The lowest BCUT2D eigenvalue weighted by Gasteiger charge is -2.09. The van der Waals surface area contributed by atoms with E-state index in [-0.39, 0.29) is 5.11 Å². The second-order valence-corrected chi connectivity index (χ2v) is 6.11. The van der Waals surface area contributed by atoms with E-state index in [1.54, 1.807) is 17.1 Å². The van der Waals surface area contributed by atoms with Crippen LogP contribution in [0, 0.1) is 11.6 Å². The number of hydrogen-bond acceptors (Lipinski definition) is 2. The molecule has 0 aliphatic rings. The molecule has 2 aromatic carbocycles. The Morgan fingerprint density at radius 1 is 1.04 bits per heavy atom. The van der Waals surface area contributed by atoms with E-state index in [0.717, 1.165) is 17.7 Å². The monoisotopic (exact) mass is 378 g/mol. The van der Waals surface area contributed by atoms with Gasteiger partial charge in [-0.3, -0.25) is 4.68 Å². The van der Waals surface area contributed by atoms with E-state index < -0.39 is 11.6 Å². The summed E-state index contributed by atoms with van der Waals surface area (Å²) >= 11 is 11.0. The van der Waals surface area contributed by atoms with Gasteiger partial charge in [-0.1, -0.05) is 23.7 Å². The molecule has 25 heavy (non-hydrogen) atoms. The smallest absolute Gasteiger partial charge is 0.175 e. The van der Waals surface area contributed by atoms with Crippen LogP contribution in [0.2, 0.25) is 5.02 Å². The van der Waals surface area contributed by atoms with Gasteiger partial charge in [0.05, 0.1) is 18.4 Å². The number of aromatic nitrogens is 2. The number of anilines is 2. The zero-order valence-corrected chi connectivity index (χ0v) is 14.4. The second kappa shape index (κ2) is 7.58. The number of hydrogen-bond donors (Lipinski definition) is 2. The van der Waals surface area contributed by atoms with Gasteiger partial charge in [0, 0.05) is 23.0 Å². The van der Waals surface area contributed by atoms with E-state index in [0.29, 0.717) is 22.9 Å². The molecule has 128 valence electrons. The number of nitrogens with one attached hydrogen (secondary N) is 2. The summed E-state index contributed by atoms with van der Waals surface area (Å²) in [4.78, 5) is 0. The lowest BCUT2D eigenvalue weighted by atomic mass is 10.2. The van der Waals surface area contributed by atoms with Gasteiger partial charge in [-0.05, 0) is 42.0 Å². The van der Waals surface area contributed by atoms with Gasteiger partial charge in [0.2, 0.25) is 0 Å². The van der Waals surface area contributed by atoms with E-state index in [2.05, 4.69) is 15.7 Å². The van der Waals surface area contributed by atoms with Gasteiger partial charge in [0.15, 0.2) is 16.7 Å². The van der Waals surface area contributed by atoms with Crippen molar-refractivity contribution in [2.75, 3.05) is 10.6 Å². The van der Waals surface area contributed by atoms with Crippen molar-refractivity contribution >= 4 is 40.3 Å². The fraction of sp³-hybridized carbons (Fsp3) is 0.0588. The van der Waals surface area contributed by atoms with Crippen LogP contribution in [0.4, 0.5) is 20.2 Å². The minimum absolute atomic E-state index is 0.247. The van der Waals surface area contributed by atoms with Gasteiger partial charge in [0.1, 0.15) is 0 Å². The van der Waals surface area contributed by atoms with Crippen molar-refractivity contribution in [3.05, 3.63) is 77.1 Å². The maximum Gasteiger partial charge on any atom is 0.175 e. The van der Waals surface area contributed by atoms with Gasteiger partial charge in [-0.25, -0.2) is 8.78 Å². The fourth-order valence-corrected chi connectivity index (χ4v) is 2.52. The maximum absolute atomic E-state index is 13.2. The lowest BCUT2D eigenvalue weighted by Crippen LogP contribution is -2.18. The van der Waals surface area contributed by atoms with Crippen molar-refractivity contribution in [2.24, 2.45) is 0 Å². The van der Waals surface area contributed by atoms with Gasteiger partial charge in [-0.15, -0.1) is 0 Å². The van der Waals surface area contributed by atoms with Crippen LogP contribution in [0.5, 0.6) is 0 Å². The highest BCUT2D eigenvalue weighted by Gasteiger charge is 2.06. The highest BCUT2D eigenvalue weighted by molar-refractivity contribution is 7.80. The molecule has 1 aromatic heterocycles. The topological polar surface area (TPSA) is 41.9 Å². The van der Waals surface area contributed by atoms with Crippen LogP contribution in [0.15, 0.2) is 54.9 Å². The Morgan fingerprint density at radius 2 is 1.76 bits per heavy atom. The maximum atomic E-state index is 13.2. The van der Waals surface area contributed by atoms with Crippen LogP contribution < -0.4 is 10.6 Å². The summed E-state index contributed by atoms with van der Waals surface area (Å²) < 4.78 is 27.9. The first kappa shape index (κ1) is 17.3. The predicted molar refractivity (Wildman–Crippen MR) is 99.0 cm³/mol. The standard InChI is InChI=1S/C17H13ClF2N4S/c18-12-3-1-11(2-4-12)9-24-10-14(8-21-24)23-17(25)22-13-5-6-15(19)16(20)7-13/h1-8,10H,9H2,(H2,22,23,25). The Balaban J connectivity index is 1.59. The molecule has 8 heteroatoms. The molecule has 0 fully saturated rings. The zero-order valence-electron chi connectivity index (χ0n) is 12.8. The third kappa shape index (κ3) is 4.74. The van der Waals surface area contributed by atoms with E-state index >= 15 is 0 Å². The number of thiocarbonyl (C=S) groups is 1. The van der Waals surface area contributed by atoms with Crippen LogP contribution in [0.25, 0.3) is 0 Å². The van der Waals surface area contributed by atoms with E-state index in [9.17, 15) is 8.78 Å². The van der Waals surface area contributed by atoms with Crippen LogP contribution in [-0.2, 0) is 6.54 Å². The molecule has 3 rings (SSSR count). The molecule has 0 saturated heterocycles. The molecule has 0 saturated carbocycles. The van der Waals surface area contributed by atoms with Gasteiger partial charge < -0.3 is 10.6 Å². The summed E-state index contributed by atoms with van der Waals surface area (Å²) in [5, 5.41) is 10.9. The molecule has 0 radical (unpaired) electrons. The SMILES string of the molecule is Fc1ccc(NC(=S)Nc2cnn(Cc3ccc(Cl)cc3)c2)cc1F. The molecule has 1 heterocycles. The first-order valence-electron chi connectivity index (χ1n) is 7.29. The van der Waals surface area contributed by atoms with Crippen LogP contribution in [0.1, 0.15) is 5.56 Å². The molecule has 0 atom stereocenters. The lowest BCUT2D eigenvalue weighted by molar-refractivity contribution is 0.509. The van der Waals surface area contributed by atoms with Crippen molar-refractivity contribution in [3.8, 4) is 0 Å². The Kier molecular flexibility index (Phi) is 5.25. The molecule has 0 unspecified atom stereocenters. The third-order valence-corrected chi connectivity index (χ3v) is 3.78. The Bertz CT molecular complexity index is 896. The molecular weight excluding hydrogens is 366 g/mol. The van der Waals surface area contributed by atoms with Crippen molar-refractivity contribution in [3.63, 3.8) is 0 Å². The van der Waals surface area contributed by atoms with E-state index in [4.69, 9.17) is 23.8 Å². The predicted octanol–water partition coefficient (Wildman–Crippen LogP) is 4.67. The molecule has 0 bridgehead atoms. The summed E-state index contributed by atoms with van der Waals surface area (Å²) in [6.45, 7) is 0.586. The number of rotatable bonds is 4. The zero-order chi connectivity index (χ0) is 17.8. The molecule has 2 N–H and O–H groups in total. The normalized spacial score (nSPS) is 10.5. The summed E-state index contributed by atoms with van der Waals surface area (Å²) in [7, 11) is 0. The average molecular weight is 379 g/mol. The molecule has 4 nitrogen and oxygen atoms in total. The van der Waals surface area contributed by atoms with Crippen molar-refractivity contribution in [1.82, 2.24) is 9.78 Å². The highest BCUT2D eigenvalue weighted by Crippen LogP contribution is 2.15. The van der Waals surface area contributed by atoms with Gasteiger partial charge >= 0.3 is 0 Å². The van der Waals surface area contributed by atoms with Crippen molar-refractivity contribution in [2.45, 2.75) is 6.54 Å². The summed E-state index contributed by atoms with van der Waals surface area (Å²) in [6.07, 6.45) is 3.41. The van der Waals surface area contributed by atoms with Crippen LogP contribution in [-0.4, -0.2) is 14.9 Å². The fourth-order valence-electron chi connectivity index (χ4n) is 2.16. The van der Waals surface area contributed by atoms with Crippen molar-refractivity contribution in [1.29, 1.82) is 0 Å². The Labute approximate surface area is 153 Å². The second-order valence-electron chi connectivity index (χ2n) is 5.26. The van der Waals surface area contributed by atoms with Crippen LogP contribution in [0.3, 0.4) is 0 Å². The van der Waals surface area contributed by atoms with Crippen molar-refractivity contribution < 1.29 is 8.78 Å². The molecule has 3 aromatic rings. The minimum Gasteiger partial charge on any atom is -0.332 e. The molecule has 0 amide bonds. The van der Waals surface area contributed by atoms with Gasteiger partial charge in [-0.2, -0.15) is 5.10 Å². The highest BCUT2D eigenvalue weighted by atomic mass is 35.5. The Hall–Kier alpha value is -2.51. The van der Waals surface area contributed by atoms with E-state index in [1.165, 1.54) is 6.07 Å². The third-order valence-electron chi connectivity index (χ3n) is 3.33. The molecule has 0 spiro atoms. The van der Waals surface area contributed by atoms with Gasteiger partial charge in [0.25, 0.3) is 0 Å². The van der Waals surface area contributed by atoms with Crippen LogP contribution >= 0.6 is 23.8 Å². The first-order valence-corrected chi connectivity index (χ1v) is 8.08. The number of nitrogens with zero attached hydrogens (tertiary/aromatic N) is 2. The summed E-state index contributed by atoms with van der Waals surface area (Å²) in [6, 6.07) is 11.0. The minimum atomic E-state index is -0.941. The first-order chi connectivity index (χ1) is 12.0. The molecule has 0 aliphatic carbocycles. The average Bonchev–Trinajstić information content (AvgIpc) is 3.00. The quantitative estimate of drug-likeness (QED) is 0.647.